The zero-order valence-electron chi connectivity index (χ0n) is 16.3. The molecule has 2 aromatic rings. The molecule has 1 saturated heterocycles. The second kappa shape index (κ2) is 9.24. The Morgan fingerprint density at radius 2 is 1.71 bits per heavy atom. The predicted molar refractivity (Wildman–Crippen MR) is 113 cm³/mol. The topological polar surface area (TPSA) is 49.9 Å². The Morgan fingerprint density at radius 3 is 2.46 bits per heavy atom. The monoisotopic (exact) mass is 444 g/mol. The fraction of sp³-hybridized carbons (Fsp3) is 0.364. The number of carbonyl (C=O) groups is 2. The number of amides is 2. The number of ether oxygens (including phenoxy) is 1. The van der Waals surface area contributed by atoms with E-state index in [1.807, 2.05) is 61.2 Å². The van der Waals surface area contributed by atoms with Gasteiger partial charge in [-0.25, -0.2) is 0 Å². The van der Waals surface area contributed by atoms with Crippen molar-refractivity contribution in [2.45, 2.75) is 20.3 Å². The third-order valence-electron chi connectivity index (χ3n) is 4.92. The van der Waals surface area contributed by atoms with E-state index in [4.69, 9.17) is 4.74 Å². The molecule has 0 unspecified atom stereocenters. The molecule has 5 nitrogen and oxygen atoms in total. The van der Waals surface area contributed by atoms with Crippen molar-refractivity contribution in [3.8, 4) is 5.75 Å². The Bertz CT molecular complexity index is 869. The van der Waals surface area contributed by atoms with Gasteiger partial charge in [-0.3, -0.25) is 9.59 Å². The van der Waals surface area contributed by atoms with Crippen molar-refractivity contribution in [2.24, 2.45) is 0 Å². The lowest BCUT2D eigenvalue weighted by Gasteiger charge is -2.23. The van der Waals surface area contributed by atoms with E-state index in [-0.39, 0.29) is 18.4 Å². The van der Waals surface area contributed by atoms with E-state index in [1.165, 1.54) is 5.56 Å². The van der Waals surface area contributed by atoms with E-state index in [0.29, 0.717) is 31.7 Å². The number of benzene rings is 2. The summed E-state index contributed by atoms with van der Waals surface area (Å²) in [4.78, 5) is 29.0. The number of halogens is 1. The Morgan fingerprint density at radius 1 is 1.00 bits per heavy atom. The van der Waals surface area contributed by atoms with Gasteiger partial charge in [-0.15, -0.1) is 0 Å². The summed E-state index contributed by atoms with van der Waals surface area (Å²) in [5, 5.41) is 0. The molecular weight excluding hydrogens is 420 g/mol. The molecule has 0 atom stereocenters. The van der Waals surface area contributed by atoms with Gasteiger partial charge in [0.2, 0.25) is 0 Å². The molecule has 0 N–H and O–H groups in total. The van der Waals surface area contributed by atoms with Gasteiger partial charge >= 0.3 is 0 Å². The summed E-state index contributed by atoms with van der Waals surface area (Å²) in [6.07, 6.45) is 0.755. The molecule has 0 spiro atoms. The van der Waals surface area contributed by atoms with E-state index in [9.17, 15) is 9.59 Å². The van der Waals surface area contributed by atoms with Crippen LogP contribution in [0.3, 0.4) is 0 Å². The average Bonchev–Trinajstić information content (AvgIpc) is 2.93. The number of carbonyl (C=O) groups excluding carboxylic acids is 2. The summed E-state index contributed by atoms with van der Waals surface area (Å²) < 4.78 is 6.52. The van der Waals surface area contributed by atoms with Crippen LogP contribution in [0.5, 0.6) is 5.75 Å². The molecule has 0 radical (unpaired) electrons. The highest BCUT2D eigenvalue weighted by molar-refractivity contribution is 9.10. The molecule has 148 valence electrons. The van der Waals surface area contributed by atoms with Crippen molar-refractivity contribution in [1.82, 2.24) is 9.80 Å². The molecule has 1 aliphatic rings. The largest absolute Gasteiger partial charge is 0.484 e. The lowest BCUT2D eigenvalue weighted by atomic mass is 10.1. The van der Waals surface area contributed by atoms with Crippen molar-refractivity contribution in [3.05, 3.63) is 63.6 Å². The van der Waals surface area contributed by atoms with Crippen molar-refractivity contribution in [1.29, 1.82) is 0 Å². The molecular formula is C22H25BrN2O3. The molecule has 2 aromatic carbocycles. The van der Waals surface area contributed by atoms with E-state index in [0.717, 1.165) is 22.2 Å². The van der Waals surface area contributed by atoms with Crippen LogP contribution in [-0.2, 0) is 4.79 Å². The average molecular weight is 445 g/mol. The predicted octanol–water partition coefficient (Wildman–Crippen LogP) is 3.82. The molecule has 28 heavy (non-hydrogen) atoms. The minimum absolute atomic E-state index is 0.00620. The number of hydrogen-bond donors (Lipinski definition) is 0. The molecule has 1 heterocycles. The van der Waals surface area contributed by atoms with Gasteiger partial charge in [-0.05, 0) is 60.0 Å². The van der Waals surface area contributed by atoms with Gasteiger partial charge in [0.15, 0.2) is 6.61 Å². The highest BCUT2D eigenvalue weighted by Gasteiger charge is 2.24. The molecule has 0 saturated carbocycles. The highest BCUT2D eigenvalue weighted by Crippen LogP contribution is 2.20. The Hall–Kier alpha value is -2.34. The summed E-state index contributed by atoms with van der Waals surface area (Å²) in [6.45, 7) is 6.34. The lowest BCUT2D eigenvalue weighted by molar-refractivity contribution is -0.133. The summed E-state index contributed by atoms with van der Waals surface area (Å²) in [7, 11) is 0. The minimum atomic E-state index is -0.0461. The maximum Gasteiger partial charge on any atom is 0.260 e. The first-order chi connectivity index (χ1) is 13.5. The molecule has 1 fully saturated rings. The van der Waals surface area contributed by atoms with Gasteiger partial charge in [0.25, 0.3) is 11.8 Å². The van der Waals surface area contributed by atoms with Gasteiger partial charge in [0.1, 0.15) is 5.75 Å². The standard InChI is InChI=1S/C22H25BrN2O3/c1-16-8-9-20(17(2)14-16)28-15-21(26)24-10-5-11-25(13-12-24)22(27)18-6-3-4-7-19(18)23/h3-4,6-9,14H,5,10-13,15H2,1-2H3. The van der Waals surface area contributed by atoms with Crippen LogP contribution in [0.25, 0.3) is 0 Å². The SMILES string of the molecule is Cc1ccc(OCC(=O)N2CCCN(C(=O)c3ccccc3Br)CC2)c(C)c1. The first-order valence-corrected chi connectivity index (χ1v) is 10.3. The van der Waals surface area contributed by atoms with E-state index >= 15 is 0 Å². The number of aryl methyl sites for hydroxylation is 2. The normalized spacial score (nSPS) is 14.5. The maximum absolute atomic E-state index is 12.8. The smallest absolute Gasteiger partial charge is 0.260 e. The summed E-state index contributed by atoms with van der Waals surface area (Å²) in [5.41, 5.74) is 2.84. The van der Waals surface area contributed by atoms with Crippen LogP contribution in [0.4, 0.5) is 0 Å². The summed E-state index contributed by atoms with van der Waals surface area (Å²) in [6, 6.07) is 13.3. The van der Waals surface area contributed by atoms with E-state index < -0.39 is 0 Å². The Balaban J connectivity index is 1.56. The fourth-order valence-electron chi connectivity index (χ4n) is 3.37. The van der Waals surface area contributed by atoms with Gasteiger partial charge in [-0.2, -0.15) is 0 Å². The summed E-state index contributed by atoms with van der Waals surface area (Å²) in [5.74, 6) is 0.683. The van der Waals surface area contributed by atoms with Crippen LogP contribution in [0.15, 0.2) is 46.9 Å². The second-order valence-electron chi connectivity index (χ2n) is 7.06. The quantitative estimate of drug-likeness (QED) is 0.719. The van der Waals surface area contributed by atoms with Gasteiger partial charge in [-0.1, -0.05) is 29.8 Å². The molecule has 0 aliphatic carbocycles. The van der Waals surface area contributed by atoms with E-state index in [2.05, 4.69) is 15.9 Å². The van der Waals surface area contributed by atoms with Crippen molar-refractivity contribution in [2.75, 3.05) is 32.8 Å². The summed E-state index contributed by atoms with van der Waals surface area (Å²) >= 11 is 3.44. The highest BCUT2D eigenvalue weighted by atomic mass is 79.9. The van der Waals surface area contributed by atoms with Crippen molar-refractivity contribution >= 4 is 27.7 Å². The molecule has 3 rings (SSSR count). The van der Waals surface area contributed by atoms with Crippen LogP contribution in [0, 0.1) is 13.8 Å². The molecule has 1 aliphatic heterocycles. The van der Waals surface area contributed by atoms with Gasteiger partial charge < -0.3 is 14.5 Å². The number of hydrogen-bond acceptors (Lipinski definition) is 3. The van der Waals surface area contributed by atoms with Crippen LogP contribution in [0.2, 0.25) is 0 Å². The van der Waals surface area contributed by atoms with Gasteiger partial charge in [0, 0.05) is 30.7 Å². The van der Waals surface area contributed by atoms with E-state index in [1.54, 1.807) is 4.90 Å². The Labute approximate surface area is 174 Å². The van der Waals surface area contributed by atoms with Crippen LogP contribution < -0.4 is 4.74 Å². The van der Waals surface area contributed by atoms with Crippen molar-refractivity contribution in [3.63, 3.8) is 0 Å². The molecule has 0 bridgehead atoms. The Kier molecular flexibility index (Phi) is 6.73. The van der Waals surface area contributed by atoms with Crippen LogP contribution in [-0.4, -0.2) is 54.4 Å². The third kappa shape index (κ3) is 4.93. The van der Waals surface area contributed by atoms with Crippen LogP contribution >= 0.6 is 15.9 Å². The maximum atomic E-state index is 12.8. The minimum Gasteiger partial charge on any atom is -0.484 e. The second-order valence-corrected chi connectivity index (χ2v) is 7.92. The number of rotatable bonds is 4. The molecule has 6 heteroatoms. The fourth-order valence-corrected chi connectivity index (χ4v) is 3.82. The zero-order chi connectivity index (χ0) is 20.1. The third-order valence-corrected chi connectivity index (χ3v) is 5.61. The lowest BCUT2D eigenvalue weighted by Crippen LogP contribution is -2.39. The molecule has 0 aromatic heterocycles. The zero-order valence-corrected chi connectivity index (χ0v) is 17.9. The molecule has 2 amide bonds. The first kappa shape index (κ1) is 20.4. The first-order valence-electron chi connectivity index (χ1n) is 9.47. The number of nitrogens with zero attached hydrogens (tertiary/aromatic N) is 2. The van der Waals surface area contributed by atoms with Crippen LogP contribution in [0.1, 0.15) is 27.9 Å². The van der Waals surface area contributed by atoms with Crippen molar-refractivity contribution < 1.29 is 14.3 Å². The van der Waals surface area contributed by atoms with Gasteiger partial charge in [0.05, 0.1) is 5.56 Å².